The van der Waals surface area contributed by atoms with Crippen molar-refractivity contribution < 1.29 is 9.53 Å². The van der Waals surface area contributed by atoms with Gasteiger partial charge in [0.25, 0.3) is 5.91 Å². The van der Waals surface area contributed by atoms with Gasteiger partial charge in [-0.3, -0.25) is 9.69 Å². The third-order valence-corrected chi connectivity index (χ3v) is 7.78. The van der Waals surface area contributed by atoms with E-state index in [2.05, 4.69) is 6.58 Å². The predicted molar refractivity (Wildman–Crippen MR) is 160 cm³/mol. The van der Waals surface area contributed by atoms with Crippen LogP contribution in [0, 0.1) is 6.92 Å². The zero-order valence-corrected chi connectivity index (χ0v) is 23.0. The van der Waals surface area contributed by atoms with Crippen LogP contribution in [0.4, 0.5) is 0 Å². The van der Waals surface area contributed by atoms with Crippen LogP contribution in [0.1, 0.15) is 16.7 Å². The van der Waals surface area contributed by atoms with Crippen molar-refractivity contribution in [3.63, 3.8) is 0 Å². The molecule has 0 saturated carbocycles. The summed E-state index contributed by atoms with van der Waals surface area (Å²) in [5.74, 6) is 0.610. The highest BCUT2D eigenvalue weighted by Crippen LogP contribution is 2.37. The maximum atomic E-state index is 13.4. The third kappa shape index (κ3) is 5.45. The van der Waals surface area contributed by atoms with E-state index in [0.29, 0.717) is 27.4 Å². The average Bonchev–Trinajstić information content (AvgIpc) is 3.45. The van der Waals surface area contributed by atoms with Crippen molar-refractivity contribution >= 4 is 51.9 Å². The van der Waals surface area contributed by atoms with Crippen molar-refractivity contribution in [2.75, 3.05) is 6.61 Å². The van der Waals surface area contributed by atoms with Crippen LogP contribution >= 0.6 is 35.6 Å². The molecule has 1 aliphatic rings. The van der Waals surface area contributed by atoms with Crippen LogP contribution in [0.2, 0.25) is 5.02 Å². The van der Waals surface area contributed by atoms with Crippen molar-refractivity contribution in [1.29, 1.82) is 0 Å². The fourth-order valence-corrected chi connectivity index (χ4v) is 5.58. The second-order valence-electron chi connectivity index (χ2n) is 8.65. The van der Waals surface area contributed by atoms with Crippen LogP contribution < -0.4 is 4.74 Å². The molecule has 0 unspecified atom stereocenters. The predicted octanol–water partition coefficient (Wildman–Crippen LogP) is 7.47. The van der Waals surface area contributed by atoms with E-state index in [1.54, 1.807) is 11.0 Å². The summed E-state index contributed by atoms with van der Waals surface area (Å²) in [6.45, 7) is 6.48. The number of rotatable bonds is 8. The zero-order chi connectivity index (χ0) is 26.6. The highest BCUT2D eigenvalue weighted by molar-refractivity contribution is 8.26. The highest BCUT2D eigenvalue weighted by atomic mass is 35.5. The zero-order valence-electron chi connectivity index (χ0n) is 20.6. The Morgan fingerprint density at radius 2 is 1.87 bits per heavy atom. The second-order valence-corrected chi connectivity index (χ2v) is 10.7. The van der Waals surface area contributed by atoms with Gasteiger partial charge in [-0.05, 0) is 60.5 Å². The van der Waals surface area contributed by atoms with Crippen LogP contribution in [0.5, 0.6) is 5.75 Å². The summed E-state index contributed by atoms with van der Waals surface area (Å²) in [6.07, 6.45) is 5.52. The van der Waals surface area contributed by atoms with Crippen LogP contribution in [-0.4, -0.2) is 31.5 Å². The van der Waals surface area contributed by atoms with Crippen molar-refractivity contribution in [2.24, 2.45) is 0 Å². The first-order valence-corrected chi connectivity index (χ1v) is 13.5. The summed E-state index contributed by atoms with van der Waals surface area (Å²) in [5, 5.41) is 5.52. The lowest BCUT2D eigenvalue weighted by molar-refractivity contribution is -0.122. The Hall–Kier alpha value is -3.65. The molecule has 38 heavy (non-hydrogen) atoms. The first kappa shape index (κ1) is 26.0. The number of amides is 1. The molecule has 1 fully saturated rings. The molecule has 2 heterocycles. The molecule has 5 nitrogen and oxygen atoms in total. The lowest BCUT2D eigenvalue weighted by atomic mass is 10.0. The minimum atomic E-state index is -0.150. The molecule has 4 aromatic rings. The first-order valence-electron chi connectivity index (χ1n) is 11.9. The lowest BCUT2D eigenvalue weighted by Crippen LogP contribution is -2.27. The number of aryl methyl sites for hydroxylation is 1. The number of thioether (sulfide) groups is 1. The number of thiocarbonyl (C=S) groups is 1. The number of carbonyl (C=O) groups is 1. The summed E-state index contributed by atoms with van der Waals surface area (Å²) in [4.78, 5) is 15.6. The molecule has 8 heteroatoms. The topological polar surface area (TPSA) is 47.4 Å². The SMILES string of the molecule is C=CCOc1ccc(-c2nn(-c3ccccc3)cc2C=C2SC(=S)N(Cc3ccccc3Cl)C2=O)c(C)c1. The Labute approximate surface area is 236 Å². The summed E-state index contributed by atoms with van der Waals surface area (Å²) in [5.41, 5.74) is 5.30. The van der Waals surface area contributed by atoms with Gasteiger partial charge in [-0.1, -0.05) is 84.6 Å². The first-order chi connectivity index (χ1) is 18.4. The Bertz CT molecular complexity index is 1560. The maximum absolute atomic E-state index is 13.4. The molecular formula is C30H24ClN3O2S2. The number of para-hydroxylation sites is 1. The molecule has 0 spiro atoms. The molecule has 1 saturated heterocycles. The number of ether oxygens (including phenoxy) is 1. The Balaban J connectivity index is 1.53. The monoisotopic (exact) mass is 557 g/mol. The van der Waals surface area contributed by atoms with E-state index in [1.807, 2.05) is 96.7 Å². The van der Waals surface area contributed by atoms with E-state index in [-0.39, 0.29) is 5.91 Å². The highest BCUT2D eigenvalue weighted by Gasteiger charge is 2.33. The molecule has 0 radical (unpaired) electrons. The van der Waals surface area contributed by atoms with Crippen LogP contribution in [0.15, 0.2) is 96.6 Å². The van der Waals surface area contributed by atoms with E-state index in [9.17, 15) is 4.79 Å². The maximum Gasteiger partial charge on any atom is 0.266 e. The largest absolute Gasteiger partial charge is 0.490 e. The summed E-state index contributed by atoms with van der Waals surface area (Å²) in [6, 6.07) is 23.2. The van der Waals surface area contributed by atoms with Gasteiger partial charge in [0.15, 0.2) is 0 Å². The van der Waals surface area contributed by atoms with E-state index in [0.717, 1.165) is 39.4 Å². The Kier molecular flexibility index (Phi) is 7.79. The van der Waals surface area contributed by atoms with Crippen LogP contribution in [0.3, 0.4) is 0 Å². The van der Waals surface area contributed by atoms with Gasteiger partial charge in [0.2, 0.25) is 0 Å². The number of halogens is 1. The van der Waals surface area contributed by atoms with Gasteiger partial charge in [0.1, 0.15) is 22.4 Å². The molecule has 190 valence electrons. The van der Waals surface area contributed by atoms with Gasteiger partial charge in [-0.25, -0.2) is 4.68 Å². The van der Waals surface area contributed by atoms with Gasteiger partial charge in [-0.2, -0.15) is 5.10 Å². The molecular weight excluding hydrogens is 534 g/mol. The lowest BCUT2D eigenvalue weighted by Gasteiger charge is -2.15. The van der Waals surface area contributed by atoms with Gasteiger partial charge in [0, 0.05) is 22.3 Å². The standard InChI is InChI=1S/C30H24ClN3O2S2/c1-3-15-36-24-13-14-25(20(2)16-24)28-22(19-34(32-28)23-10-5-4-6-11-23)17-27-29(35)33(30(37)38-27)18-21-9-7-8-12-26(21)31/h3-14,16-17,19H,1,15,18H2,2H3. The minimum absolute atomic E-state index is 0.150. The molecule has 0 aliphatic carbocycles. The Morgan fingerprint density at radius 1 is 1.11 bits per heavy atom. The average molecular weight is 558 g/mol. The molecule has 1 aromatic heterocycles. The van der Waals surface area contributed by atoms with Gasteiger partial charge in [-0.15, -0.1) is 0 Å². The minimum Gasteiger partial charge on any atom is -0.490 e. The van der Waals surface area contributed by atoms with Crippen LogP contribution in [0.25, 0.3) is 23.0 Å². The second kappa shape index (κ2) is 11.4. The number of hydrogen-bond donors (Lipinski definition) is 0. The van der Waals surface area contributed by atoms with Crippen molar-refractivity contribution in [1.82, 2.24) is 14.7 Å². The van der Waals surface area contributed by atoms with Crippen molar-refractivity contribution in [3.8, 4) is 22.7 Å². The number of carbonyl (C=O) groups excluding carboxylic acids is 1. The quantitative estimate of drug-likeness (QED) is 0.128. The number of hydrogen-bond acceptors (Lipinski definition) is 5. The number of nitrogens with zero attached hydrogens (tertiary/aromatic N) is 3. The number of aromatic nitrogens is 2. The van der Waals surface area contributed by atoms with Crippen LogP contribution in [-0.2, 0) is 11.3 Å². The van der Waals surface area contributed by atoms with E-state index < -0.39 is 0 Å². The normalized spacial score (nSPS) is 14.4. The van der Waals surface area contributed by atoms with Gasteiger partial charge < -0.3 is 4.74 Å². The van der Waals surface area contributed by atoms with Gasteiger partial charge >= 0.3 is 0 Å². The third-order valence-electron chi connectivity index (χ3n) is 6.03. The summed E-state index contributed by atoms with van der Waals surface area (Å²) >= 11 is 13.2. The van der Waals surface area contributed by atoms with E-state index in [1.165, 1.54) is 11.8 Å². The summed E-state index contributed by atoms with van der Waals surface area (Å²) < 4.78 is 8.03. The smallest absolute Gasteiger partial charge is 0.266 e. The van der Waals surface area contributed by atoms with E-state index >= 15 is 0 Å². The Morgan fingerprint density at radius 3 is 2.61 bits per heavy atom. The fraction of sp³-hybridized carbons (Fsp3) is 0.100. The van der Waals surface area contributed by atoms with Gasteiger partial charge in [0.05, 0.1) is 17.1 Å². The molecule has 3 aromatic carbocycles. The molecule has 0 atom stereocenters. The molecule has 1 amide bonds. The molecule has 1 aliphatic heterocycles. The van der Waals surface area contributed by atoms with Crippen molar-refractivity contribution in [2.45, 2.75) is 13.5 Å². The fourth-order valence-electron chi connectivity index (χ4n) is 4.14. The summed E-state index contributed by atoms with van der Waals surface area (Å²) in [7, 11) is 0. The van der Waals surface area contributed by atoms with E-state index in [4.69, 9.17) is 33.7 Å². The van der Waals surface area contributed by atoms with Crippen molar-refractivity contribution in [3.05, 3.63) is 118 Å². The molecule has 5 rings (SSSR count). The number of benzene rings is 3. The molecule has 0 bridgehead atoms. The molecule has 0 N–H and O–H groups in total.